The second kappa shape index (κ2) is 7.64. The van der Waals surface area contributed by atoms with E-state index >= 15 is 0 Å². The highest BCUT2D eigenvalue weighted by molar-refractivity contribution is 6.03. The number of hydrogen-bond donors (Lipinski definition) is 2. The minimum absolute atomic E-state index is 0.129. The summed E-state index contributed by atoms with van der Waals surface area (Å²) in [6.45, 7) is 0. The normalized spacial score (nSPS) is 10.5. The zero-order chi connectivity index (χ0) is 18.5. The minimum Gasteiger partial charge on any atom is -0.318 e. The maximum Gasteiger partial charge on any atom is 0.276 e. The topological polar surface area (TPSA) is 93.8 Å². The van der Waals surface area contributed by atoms with Gasteiger partial charge in [0.2, 0.25) is 5.91 Å². The molecule has 26 heavy (non-hydrogen) atoms. The third-order valence-electron chi connectivity index (χ3n) is 3.83. The van der Waals surface area contributed by atoms with Gasteiger partial charge in [0.05, 0.1) is 11.9 Å². The summed E-state index contributed by atoms with van der Waals surface area (Å²) in [5.74, 6) is -0.0196. The number of aromatic nitrogens is 4. The fraction of sp³-hybridized carbons (Fsp3) is 0.222. The smallest absolute Gasteiger partial charge is 0.276 e. The Morgan fingerprint density at radius 1 is 1.12 bits per heavy atom. The van der Waals surface area contributed by atoms with Crippen molar-refractivity contribution in [1.29, 1.82) is 0 Å². The van der Waals surface area contributed by atoms with Gasteiger partial charge in [0.1, 0.15) is 5.82 Å². The third kappa shape index (κ3) is 4.35. The summed E-state index contributed by atoms with van der Waals surface area (Å²) < 4.78 is 3.06. The number of aryl methyl sites for hydroxylation is 3. The minimum atomic E-state index is -0.363. The van der Waals surface area contributed by atoms with Crippen LogP contribution in [0.15, 0.2) is 48.8 Å². The molecule has 0 fully saturated rings. The van der Waals surface area contributed by atoms with Gasteiger partial charge in [-0.25, -0.2) is 0 Å². The molecule has 0 aliphatic heterocycles. The van der Waals surface area contributed by atoms with E-state index in [2.05, 4.69) is 20.8 Å². The van der Waals surface area contributed by atoms with Crippen molar-refractivity contribution in [3.05, 3.63) is 60.0 Å². The van der Waals surface area contributed by atoms with E-state index in [0.29, 0.717) is 24.3 Å². The average Bonchev–Trinajstić information content (AvgIpc) is 3.20. The number of carbonyl (C=O) groups excluding carboxylic acids is 2. The van der Waals surface area contributed by atoms with Crippen LogP contribution in [-0.4, -0.2) is 31.4 Å². The lowest BCUT2D eigenvalue weighted by atomic mass is 10.1. The van der Waals surface area contributed by atoms with Crippen LogP contribution in [-0.2, 0) is 25.3 Å². The fourth-order valence-electron chi connectivity index (χ4n) is 2.48. The van der Waals surface area contributed by atoms with Gasteiger partial charge in [-0.05, 0) is 12.0 Å². The number of amides is 2. The van der Waals surface area contributed by atoms with Gasteiger partial charge in [-0.2, -0.15) is 10.2 Å². The van der Waals surface area contributed by atoms with Gasteiger partial charge in [-0.1, -0.05) is 30.3 Å². The summed E-state index contributed by atoms with van der Waals surface area (Å²) in [6, 6.07) is 11.4. The first kappa shape index (κ1) is 17.4. The number of carbonyl (C=O) groups is 2. The summed E-state index contributed by atoms with van der Waals surface area (Å²) in [6.07, 6.45) is 4.24. The van der Waals surface area contributed by atoms with E-state index in [0.717, 1.165) is 5.56 Å². The second-order valence-electron chi connectivity index (χ2n) is 5.93. The molecule has 2 amide bonds. The first-order valence-corrected chi connectivity index (χ1v) is 8.19. The molecule has 0 radical (unpaired) electrons. The fourth-order valence-corrected chi connectivity index (χ4v) is 2.48. The number of hydrogen-bond acceptors (Lipinski definition) is 4. The highest BCUT2D eigenvalue weighted by Gasteiger charge is 2.15. The molecule has 0 spiro atoms. The first-order chi connectivity index (χ1) is 12.5. The van der Waals surface area contributed by atoms with Crippen molar-refractivity contribution in [2.75, 3.05) is 10.6 Å². The quantitative estimate of drug-likeness (QED) is 0.709. The molecule has 0 bridgehead atoms. The van der Waals surface area contributed by atoms with Gasteiger partial charge in [0.25, 0.3) is 5.91 Å². The van der Waals surface area contributed by atoms with Gasteiger partial charge in [-0.3, -0.25) is 19.0 Å². The molecule has 2 N–H and O–H groups in total. The van der Waals surface area contributed by atoms with Crippen molar-refractivity contribution in [1.82, 2.24) is 19.6 Å². The Morgan fingerprint density at radius 2 is 1.88 bits per heavy atom. The van der Waals surface area contributed by atoms with Crippen LogP contribution in [0.2, 0.25) is 0 Å². The highest BCUT2D eigenvalue weighted by Crippen LogP contribution is 2.13. The van der Waals surface area contributed by atoms with Crippen molar-refractivity contribution in [3.8, 4) is 0 Å². The van der Waals surface area contributed by atoms with Gasteiger partial charge in [0, 0.05) is 32.8 Å². The SMILES string of the molecule is Cn1cc(NC(=O)c2cc(NC(=O)CCc3ccccc3)n(C)n2)cn1. The van der Waals surface area contributed by atoms with Crippen LogP contribution >= 0.6 is 0 Å². The molecular weight excluding hydrogens is 332 g/mol. The average molecular weight is 352 g/mol. The lowest BCUT2D eigenvalue weighted by Crippen LogP contribution is -2.14. The number of rotatable bonds is 6. The van der Waals surface area contributed by atoms with Crippen LogP contribution in [0.1, 0.15) is 22.5 Å². The Bertz CT molecular complexity index is 913. The van der Waals surface area contributed by atoms with E-state index in [1.165, 1.54) is 4.68 Å². The molecule has 134 valence electrons. The Morgan fingerprint density at radius 3 is 2.58 bits per heavy atom. The summed E-state index contributed by atoms with van der Waals surface area (Å²) in [5, 5.41) is 13.6. The molecule has 2 heterocycles. The summed E-state index contributed by atoms with van der Waals surface area (Å²) in [4.78, 5) is 24.4. The van der Waals surface area contributed by atoms with Crippen molar-refractivity contribution < 1.29 is 9.59 Å². The van der Waals surface area contributed by atoms with Crippen LogP contribution in [0.3, 0.4) is 0 Å². The zero-order valence-corrected chi connectivity index (χ0v) is 14.6. The Balaban J connectivity index is 1.58. The molecule has 0 saturated heterocycles. The molecular formula is C18H20N6O2. The summed E-state index contributed by atoms with van der Waals surface area (Å²) in [7, 11) is 3.44. The zero-order valence-electron chi connectivity index (χ0n) is 14.6. The number of nitrogens with zero attached hydrogens (tertiary/aromatic N) is 4. The highest BCUT2D eigenvalue weighted by atomic mass is 16.2. The molecule has 2 aromatic heterocycles. The first-order valence-electron chi connectivity index (χ1n) is 8.19. The van der Waals surface area contributed by atoms with Gasteiger partial charge < -0.3 is 10.6 Å². The van der Waals surface area contributed by atoms with Gasteiger partial charge >= 0.3 is 0 Å². The monoisotopic (exact) mass is 352 g/mol. The van der Waals surface area contributed by atoms with Crippen LogP contribution in [0.25, 0.3) is 0 Å². The Kier molecular flexibility index (Phi) is 5.12. The molecule has 0 aliphatic carbocycles. The predicted octanol–water partition coefficient (Wildman–Crippen LogP) is 1.98. The van der Waals surface area contributed by atoms with E-state index in [1.807, 2.05) is 30.3 Å². The van der Waals surface area contributed by atoms with Crippen LogP contribution < -0.4 is 10.6 Å². The molecule has 0 aliphatic rings. The molecule has 0 atom stereocenters. The van der Waals surface area contributed by atoms with Crippen LogP contribution in [0, 0.1) is 0 Å². The van der Waals surface area contributed by atoms with Crippen molar-refractivity contribution >= 4 is 23.3 Å². The lowest BCUT2D eigenvalue weighted by Gasteiger charge is -2.05. The van der Waals surface area contributed by atoms with Crippen LogP contribution in [0.4, 0.5) is 11.5 Å². The Labute approximate surface area is 150 Å². The molecule has 0 saturated carbocycles. The molecule has 3 aromatic rings. The van der Waals surface area contributed by atoms with Crippen molar-refractivity contribution in [3.63, 3.8) is 0 Å². The number of benzene rings is 1. The molecule has 8 nitrogen and oxygen atoms in total. The number of nitrogens with one attached hydrogen (secondary N) is 2. The van der Waals surface area contributed by atoms with Crippen molar-refractivity contribution in [2.45, 2.75) is 12.8 Å². The Hall–Kier alpha value is -3.42. The van der Waals surface area contributed by atoms with Gasteiger partial charge in [0.15, 0.2) is 5.69 Å². The van der Waals surface area contributed by atoms with E-state index < -0.39 is 0 Å². The standard InChI is InChI=1S/C18H20N6O2/c1-23-12-14(11-19-23)20-18(26)15-10-16(24(2)22-15)21-17(25)9-8-13-6-4-3-5-7-13/h3-7,10-12H,8-9H2,1-2H3,(H,20,26)(H,21,25). The van der Waals surface area contributed by atoms with Crippen LogP contribution in [0.5, 0.6) is 0 Å². The largest absolute Gasteiger partial charge is 0.318 e. The van der Waals surface area contributed by atoms with Gasteiger partial charge in [-0.15, -0.1) is 0 Å². The third-order valence-corrected chi connectivity index (χ3v) is 3.83. The van der Waals surface area contributed by atoms with E-state index in [1.54, 1.807) is 37.2 Å². The second-order valence-corrected chi connectivity index (χ2v) is 5.93. The van der Waals surface area contributed by atoms with E-state index in [9.17, 15) is 9.59 Å². The van der Waals surface area contributed by atoms with E-state index in [4.69, 9.17) is 0 Å². The summed E-state index contributed by atoms with van der Waals surface area (Å²) >= 11 is 0. The number of anilines is 2. The molecule has 0 unspecified atom stereocenters. The van der Waals surface area contributed by atoms with Crippen molar-refractivity contribution in [2.24, 2.45) is 14.1 Å². The lowest BCUT2D eigenvalue weighted by molar-refractivity contribution is -0.116. The van der Waals surface area contributed by atoms with E-state index in [-0.39, 0.29) is 17.5 Å². The summed E-state index contributed by atoms with van der Waals surface area (Å²) in [5.41, 5.74) is 1.90. The molecule has 1 aromatic carbocycles. The molecule has 8 heteroatoms. The maximum atomic E-state index is 12.2. The predicted molar refractivity (Wildman–Crippen MR) is 97.8 cm³/mol. The molecule has 3 rings (SSSR count). The maximum absolute atomic E-state index is 12.2.